The summed E-state index contributed by atoms with van der Waals surface area (Å²) in [5.74, 6) is 1.87. The molecule has 1 aliphatic heterocycles. The van der Waals surface area contributed by atoms with Crippen LogP contribution in [0.5, 0.6) is 17.2 Å². The Kier molecular flexibility index (Phi) is 6.85. The molecule has 37 heavy (non-hydrogen) atoms. The highest BCUT2D eigenvalue weighted by Crippen LogP contribution is 2.35. The minimum atomic E-state index is -0.126. The first-order chi connectivity index (χ1) is 18.0. The second-order valence-electron chi connectivity index (χ2n) is 9.12. The summed E-state index contributed by atoms with van der Waals surface area (Å²) in [5.41, 5.74) is 5.38. The Bertz CT molecular complexity index is 1420. The van der Waals surface area contributed by atoms with Crippen LogP contribution in [0.3, 0.4) is 0 Å². The van der Waals surface area contributed by atoms with E-state index in [9.17, 15) is 4.79 Å². The third-order valence-corrected chi connectivity index (χ3v) is 6.53. The maximum absolute atomic E-state index is 12.5. The summed E-state index contributed by atoms with van der Waals surface area (Å²) in [6.07, 6.45) is 0.840. The molecule has 2 aromatic heterocycles. The van der Waals surface area contributed by atoms with Crippen molar-refractivity contribution in [2.24, 2.45) is 0 Å². The molecule has 1 amide bonds. The number of methoxy groups -OCH3 is 2. The van der Waals surface area contributed by atoms with Crippen LogP contribution in [-0.2, 0) is 4.79 Å². The number of amides is 1. The Balaban J connectivity index is 1.36. The van der Waals surface area contributed by atoms with Gasteiger partial charge in [-0.3, -0.25) is 4.79 Å². The predicted octanol–water partition coefficient (Wildman–Crippen LogP) is 3.80. The van der Waals surface area contributed by atoms with E-state index in [0.717, 1.165) is 46.9 Å². The number of aryl methyl sites for hydroxylation is 2. The fraction of sp³-hybridized carbons (Fsp3) is 0.321. The van der Waals surface area contributed by atoms with Crippen LogP contribution in [0.15, 0.2) is 54.6 Å². The molecular formula is C28H31N5O4. The highest BCUT2D eigenvalue weighted by Gasteiger charge is 2.27. The number of nitrogens with zero attached hydrogens (tertiary/aromatic N) is 4. The number of nitrogens with one attached hydrogen (secondary N) is 1. The molecule has 2 aromatic carbocycles. The largest absolute Gasteiger partial charge is 0.493 e. The molecule has 0 radical (unpaired) electrons. The van der Waals surface area contributed by atoms with E-state index >= 15 is 0 Å². The lowest BCUT2D eigenvalue weighted by molar-refractivity contribution is -0.123. The van der Waals surface area contributed by atoms with Crippen molar-refractivity contribution in [3.8, 4) is 28.5 Å². The molecule has 0 bridgehead atoms. The molecule has 1 aliphatic rings. The Hall–Kier alpha value is -4.27. The molecule has 192 valence electrons. The van der Waals surface area contributed by atoms with Crippen LogP contribution in [0, 0.1) is 13.8 Å². The number of hydrogen-bond acceptors (Lipinski definition) is 7. The van der Waals surface area contributed by atoms with Gasteiger partial charge in [-0.05, 0) is 56.7 Å². The number of carbonyl (C=O) groups is 1. The standard InChI is InChI=1S/C28H31N5O4/c1-18-14-23(32-13-12-21(16-32)30-26(34)17-37-22-8-6-5-7-9-22)28-29-19(2)27(33(28)31-18)20-10-11-24(35-3)25(15-20)36-4/h5-11,14-15,21H,12-13,16-17H2,1-4H3,(H,30,34)/t21-/m1/s1. The first-order valence-corrected chi connectivity index (χ1v) is 12.3. The van der Waals surface area contributed by atoms with Crippen LogP contribution in [0.4, 0.5) is 5.69 Å². The highest BCUT2D eigenvalue weighted by molar-refractivity contribution is 5.79. The lowest BCUT2D eigenvalue weighted by Crippen LogP contribution is -2.39. The van der Waals surface area contributed by atoms with Crippen LogP contribution in [-0.4, -0.2) is 60.5 Å². The number of imidazole rings is 1. The molecular weight excluding hydrogens is 470 g/mol. The topological polar surface area (TPSA) is 90.2 Å². The molecule has 3 heterocycles. The fourth-order valence-electron chi connectivity index (χ4n) is 4.81. The summed E-state index contributed by atoms with van der Waals surface area (Å²) in [7, 11) is 3.25. The van der Waals surface area contributed by atoms with Crippen molar-refractivity contribution >= 4 is 17.2 Å². The SMILES string of the molecule is COc1ccc(-c2c(C)nc3c(N4CC[C@@H](NC(=O)COc5ccccc5)C4)cc(C)nn23)cc1OC. The zero-order valence-electron chi connectivity index (χ0n) is 21.5. The van der Waals surface area contributed by atoms with Crippen molar-refractivity contribution in [1.29, 1.82) is 0 Å². The van der Waals surface area contributed by atoms with Gasteiger partial charge in [-0.1, -0.05) is 18.2 Å². The Morgan fingerprint density at radius 2 is 1.84 bits per heavy atom. The summed E-state index contributed by atoms with van der Waals surface area (Å²) < 4.78 is 18.4. The minimum absolute atomic E-state index is 0.00669. The van der Waals surface area contributed by atoms with Gasteiger partial charge in [0.2, 0.25) is 0 Å². The molecule has 0 spiro atoms. The zero-order valence-corrected chi connectivity index (χ0v) is 21.5. The van der Waals surface area contributed by atoms with Gasteiger partial charge >= 0.3 is 0 Å². The van der Waals surface area contributed by atoms with Crippen molar-refractivity contribution < 1.29 is 19.0 Å². The second kappa shape index (κ2) is 10.4. The van der Waals surface area contributed by atoms with Gasteiger partial charge in [0.1, 0.15) is 5.75 Å². The van der Waals surface area contributed by atoms with Gasteiger partial charge in [0.05, 0.1) is 37.0 Å². The van der Waals surface area contributed by atoms with E-state index in [4.69, 9.17) is 24.3 Å². The van der Waals surface area contributed by atoms with Crippen molar-refractivity contribution in [2.45, 2.75) is 26.3 Å². The van der Waals surface area contributed by atoms with Crippen molar-refractivity contribution in [1.82, 2.24) is 19.9 Å². The number of ether oxygens (including phenoxy) is 3. The van der Waals surface area contributed by atoms with Gasteiger partial charge in [-0.2, -0.15) is 5.10 Å². The molecule has 1 fully saturated rings. The van der Waals surface area contributed by atoms with Gasteiger partial charge < -0.3 is 24.4 Å². The van der Waals surface area contributed by atoms with E-state index in [0.29, 0.717) is 23.8 Å². The summed E-state index contributed by atoms with van der Waals surface area (Å²) in [6, 6.07) is 17.3. The van der Waals surface area contributed by atoms with Crippen molar-refractivity contribution in [3.63, 3.8) is 0 Å². The molecule has 0 unspecified atom stereocenters. The summed E-state index contributed by atoms with van der Waals surface area (Å²) in [6.45, 7) is 5.45. The molecule has 9 nitrogen and oxygen atoms in total. The molecule has 1 atom stereocenters. The molecule has 5 rings (SSSR count). The van der Waals surface area contributed by atoms with Crippen molar-refractivity contribution in [2.75, 3.05) is 38.8 Å². The van der Waals surface area contributed by atoms with Gasteiger partial charge in [-0.25, -0.2) is 9.50 Å². The smallest absolute Gasteiger partial charge is 0.258 e. The molecule has 0 saturated carbocycles. The molecule has 9 heteroatoms. The van der Waals surface area contributed by atoms with E-state index in [2.05, 4.69) is 16.3 Å². The number of fused-ring (bicyclic) bond motifs is 1. The summed E-state index contributed by atoms with van der Waals surface area (Å²) in [4.78, 5) is 19.6. The van der Waals surface area contributed by atoms with E-state index in [-0.39, 0.29) is 18.6 Å². The van der Waals surface area contributed by atoms with Crippen molar-refractivity contribution in [3.05, 3.63) is 66.0 Å². The summed E-state index contributed by atoms with van der Waals surface area (Å²) >= 11 is 0. The third kappa shape index (κ3) is 5.02. The van der Waals surface area contributed by atoms with Gasteiger partial charge in [-0.15, -0.1) is 0 Å². The average Bonchev–Trinajstić information content (AvgIpc) is 3.50. The highest BCUT2D eigenvalue weighted by atomic mass is 16.5. The monoisotopic (exact) mass is 501 g/mol. The number of hydrogen-bond donors (Lipinski definition) is 1. The third-order valence-electron chi connectivity index (χ3n) is 6.53. The Morgan fingerprint density at radius 3 is 2.59 bits per heavy atom. The number of carbonyl (C=O) groups excluding carboxylic acids is 1. The molecule has 1 saturated heterocycles. The quantitative estimate of drug-likeness (QED) is 0.393. The normalized spacial score (nSPS) is 15.1. The van der Waals surface area contributed by atoms with E-state index in [1.165, 1.54) is 0 Å². The van der Waals surface area contributed by atoms with Crippen LogP contribution in [0.25, 0.3) is 16.9 Å². The molecule has 1 N–H and O–H groups in total. The first kappa shape index (κ1) is 24.4. The average molecular weight is 502 g/mol. The first-order valence-electron chi connectivity index (χ1n) is 12.3. The number of para-hydroxylation sites is 1. The lowest BCUT2D eigenvalue weighted by Gasteiger charge is -2.20. The lowest BCUT2D eigenvalue weighted by atomic mass is 10.1. The van der Waals surface area contributed by atoms with Crippen LogP contribution in [0.1, 0.15) is 17.8 Å². The minimum Gasteiger partial charge on any atom is -0.493 e. The Labute approximate surface area is 216 Å². The van der Waals surface area contributed by atoms with E-state index in [1.807, 2.05) is 66.9 Å². The van der Waals surface area contributed by atoms with Crippen LogP contribution in [0.2, 0.25) is 0 Å². The zero-order chi connectivity index (χ0) is 25.9. The molecule has 0 aliphatic carbocycles. The van der Waals surface area contributed by atoms with Crippen LogP contribution >= 0.6 is 0 Å². The maximum Gasteiger partial charge on any atom is 0.258 e. The number of aromatic nitrogens is 3. The van der Waals surface area contributed by atoms with Gasteiger partial charge in [0.25, 0.3) is 5.91 Å². The van der Waals surface area contributed by atoms with Gasteiger partial charge in [0.15, 0.2) is 23.8 Å². The second-order valence-corrected chi connectivity index (χ2v) is 9.12. The maximum atomic E-state index is 12.5. The summed E-state index contributed by atoms with van der Waals surface area (Å²) in [5, 5.41) is 7.90. The van der Waals surface area contributed by atoms with Gasteiger partial charge in [0, 0.05) is 24.7 Å². The van der Waals surface area contributed by atoms with E-state index in [1.54, 1.807) is 14.2 Å². The van der Waals surface area contributed by atoms with E-state index < -0.39 is 0 Å². The van der Waals surface area contributed by atoms with Crippen LogP contribution < -0.4 is 24.4 Å². The number of benzene rings is 2. The predicted molar refractivity (Wildman–Crippen MR) is 142 cm³/mol. The number of anilines is 1. The molecule has 4 aromatic rings. The number of rotatable bonds is 8. The Morgan fingerprint density at radius 1 is 1.05 bits per heavy atom. The fourth-order valence-corrected chi connectivity index (χ4v) is 4.81.